The van der Waals surface area contributed by atoms with Gasteiger partial charge < -0.3 is 18.8 Å². The summed E-state index contributed by atoms with van der Waals surface area (Å²) in [7, 11) is -0.423. The molecule has 20 heavy (non-hydrogen) atoms. The highest BCUT2D eigenvalue weighted by Crippen LogP contribution is 2.36. The highest BCUT2D eigenvalue weighted by Gasteiger charge is 2.52. The van der Waals surface area contributed by atoms with Crippen LogP contribution in [0.3, 0.4) is 0 Å². The summed E-state index contributed by atoms with van der Waals surface area (Å²) in [6.07, 6.45) is 1.04. The van der Waals surface area contributed by atoms with Gasteiger partial charge in [-0.15, -0.1) is 0 Å². The largest absolute Gasteiger partial charge is 0.515 e. The van der Waals surface area contributed by atoms with Gasteiger partial charge in [-0.3, -0.25) is 0 Å². The Balaban J connectivity index is 1.68. The fourth-order valence-corrected chi connectivity index (χ4v) is 2.88. The van der Waals surface area contributed by atoms with E-state index in [1.807, 2.05) is 33.1 Å². The number of hydrogen-bond acceptors (Lipinski definition) is 6. The first kappa shape index (κ1) is 14.3. The quantitative estimate of drug-likeness (QED) is 0.793. The summed E-state index contributed by atoms with van der Waals surface area (Å²) in [6, 6.07) is 0. The third-order valence-corrected chi connectivity index (χ3v) is 4.90. The van der Waals surface area contributed by atoms with Crippen LogP contribution in [0.15, 0.2) is 5.38 Å². The van der Waals surface area contributed by atoms with Crippen LogP contribution in [0.25, 0.3) is 0 Å². The zero-order valence-electron chi connectivity index (χ0n) is 12.3. The van der Waals surface area contributed by atoms with Crippen molar-refractivity contribution < 1.29 is 18.8 Å². The first-order chi connectivity index (χ1) is 9.37. The number of ether oxygens (including phenoxy) is 2. The molecule has 0 N–H and O–H groups in total. The summed E-state index contributed by atoms with van der Waals surface area (Å²) >= 11 is 1.47. The summed E-state index contributed by atoms with van der Waals surface area (Å²) in [6.45, 7) is 9.55. The van der Waals surface area contributed by atoms with Crippen LogP contribution in [-0.4, -0.2) is 42.6 Å². The van der Waals surface area contributed by atoms with E-state index >= 15 is 0 Å². The summed E-state index contributed by atoms with van der Waals surface area (Å²) < 4.78 is 23.0. The Bertz CT molecular complexity index is 468. The van der Waals surface area contributed by atoms with E-state index in [9.17, 15) is 0 Å². The molecule has 2 fully saturated rings. The Kier molecular flexibility index (Phi) is 3.57. The second-order valence-corrected chi connectivity index (χ2v) is 7.05. The Hall–Kier alpha value is -0.625. The van der Waals surface area contributed by atoms with Gasteiger partial charge in [-0.2, -0.15) is 0 Å². The van der Waals surface area contributed by atoms with Crippen molar-refractivity contribution in [2.75, 3.05) is 13.2 Å². The van der Waals surface area contributed by atoms with Crippen molar-refractivity contribution in [1.82, 2.24) is 4.98 Å². The lowest BCUT2D eigenvalue weighted by Crippen LogP contribution is -2.41. The van der Waals surface area contributed by atoms with Crippen molar-refractivity contribution in [3.8, 4) is 5.19 Å². The molecule has 3 rings (SSSR count). The molecule has 0 amide bonds. The lowest BCUT2D eigenvalue weighted by Gasteiger charge is -2.32. The van der Waals surface area contributed by atoms with Crippen molar-refractivity contribution in [3.05, 3.63) is 5.38 Å². The minimum absolute atomic E-state index is 0.118. The van der Waals surface area contributed by atoms with Crippen LogP contribution in [0.1, 0.15) is 34.1 Å². The Morgan fingerprint density at radius 2 is 2.00 bits per heavy atom. The average molecular weight is 297 g/mol. The number of rotatable bonds is 3. The lowest BCUT2D eigenvalue weighted by atomic mass is 9.86. The maximum atomic E-state index is 5.98. The van der Waals surface area contributed by atoms with Crippen LogP contribution in [0, 0.1) is 0 Å². The molecule has 7 heteroatoms. The molecule has 1 aromatic rings. The van der Waals surface area contributed by atoms with Crippen LogP contribution in [-0.2, 0) is 14.0 Å². The SMILES string of the molecule is CC1(C)OB(c2csc(O[C@@H]3CCOC3)n2)OC1(C)C. The number of thiazole rings is 1. The molecule has 0 spiro atoms. The number of hydrogen-bond donors (Lipinski definition) is 0. The topological polar surface area (TPSA) is 49.8 Å². The van der Waals surface area contributed by atoms with E-state index in [2.05, 4.69) is 4.98 Å². The van der Waals surface area contributed by atoms with E-state index in [1.165, 1.54) is 11.3 Å². The zero-order chi connectivity index (χ0) is 14.4. The molecule has 0 aliphatic carbocycles. The number of aromatic nitrogens is 1. The van der Waals surface area contributed by atoms with Crippen molar-refractivity contribution in [2.24, 2.45) is 0 Å². The van der Waals surface area contributed by atoms with E-state index < -0.39 is 7.12 Å². The van der Waals surface area contributed by atoms with Gasteiger partial charge in [0.25, 0.3) is 5.19 Å². The molecule has 0 radical (unpaired) electrons. The van der Waals surface area contributed by atoms with Crippen molar-refractivity contribution >= 4 is 24.0 Å². The van der Waals surface area contributed by atoms with Crippen molar-refractivity contribution in [2.45, 2.75) is 51.4 Å². The molecule has 0 saturated carbocycles. The van der Waals surface area contributed by atoms with Crippen LogP contribution in [0.4, 0.5) is 0 Å². The van der Waals surface area contributed by atoms with E-state index in [0.29, 0.717) is 11.8 Å². The van der Waals surface area contributed by atoms with Gasteiger partial charge in [0.05, 0.1) is 30.0 Å². The van der Waals surface area contributed by atoms with E-state index in [0.717, 1.165) is 18.6 Å². The second-order valence-electron chi connectivity index (χ2n) is 6.23. The molecule has 1 atom stereocenters. The summed E-state index contributed by atoms with van der Waals surface area (Å²) in [4.78, 5) is 4.48. The molecule has 3 heterocycles. The Labute approximate surface area is 123 Å². The van der Waals surface area contributed by atoms with Crippen LogP contribution in [0.5, 0.6) is 5.19 Å². The fraction of sp³-hybridized carbons (Fsp3) is 0.769. The van der Waals surface area contributed by atoms with Gasteiger partial charge in [0.15, 0.2) is 0 Å². The van der Waals surface area contributed by atoms with E-state index in [-0.39, 0.29) is 17.3 Å². The highest BCUT2D eigenvalue weighted by atomic mass is 32.1. The number of nitrogens with zero attached hydrogens (tertiary/aromatic N) is 1. The molecule has 2 saturated heterocycles. The normalized spacial score (nSPS) is 28.0. The van der Waals surface area contributed by atoms with Gasteiger partial charge in [0, 0.05) is 11.8 Å². The molecule has 0 bridgehead atoms. The average Bonchev–Trinajstić information content (AvgIpc) is 3.02. The summed E-state index contributed by atoms with van der Waals surface area (Å²) in [5.41, 5.74) is 0.0889. The van der Waals surface area contributed by atoms with Gasteiger partial charge in [-0.05, 0) is 27.7 Å². The van der Waals surface area contributed by atoms with Crippen LogP contribution in [0.2, 0.25) is 0 Å². The third kappa shape index (κ3) is 2.59. The predicted molar refractivity (Wildman–Crippen MR) is 77.7 cm³/mol. The van der Waals surface area contributed by atoms with E-state index in [1.54, 1.807) is 0 Å². The van der Waals surface area contributed by atoms with Gasteiger partial charge >= 0.3 is 7.12 Å². The second kappa shape index (κ2) is 4.98. The lowest BCUT2D eigenvalue weighted by molar-refractivity contribution is 0.00578. The summed E-state index contributed by atoms with van der Waals surface area (Å²) in [5.74, 6) is 0. The van der Waals surface area contributed by atoms with Crippen LogP contribution >= 0.6 is 11.3 Å². The first-order valence-corrected chi connectivity index (χ1v) is 7.81. The molecule has 2 aliphatic rings. The van der Waals surface area contributed by atoms with E-state index in [4.69, 9.17) is 18.8 Å². The molecule has 0 unspecified atom stereocenters. The Morgan fingerprint density at radius 3 is 2.60 bits per heavy atom. The summed E-state index contributed by atoms with van der Waals surface area (Å²) in [5, 5.41) is 2.60. The minimum atomic E-state index is -0.423. The first-order valence-electron chi connectivity index (χ1n) is 6.93. The van der Waals surface area contributed by atoms with Crippen molar-refractivity contribution in [1.29, 1.82) is 0 Å². The van der Waals surface area contributed by atoms with Gasteiger partial charge in [0.1, 0.15) is 6.10 Å². The van der Waals surface area contributed by atoms with Crippen LogP contribution < -0.4 is 10.3 Å². The predicted octanol–water partition coefficient (Wildman–Crippen LogP) is 1.61. The minimum Gasteiger partial charge on any atom is -0.464 e. The molecule has 110 valence electrons. The van der Waals surface area contributed by atoms with Gasteiger partial charge in [-0.25, -0.2) is 4.98 Å². The molecule has 1 aromatic heterocycles. The molecule has 2 aliphatic heterocycles. The maximum Gasteiger partial charge on any atom is 0.515 e. The molecule has 0 aromatic carbocycles. The highest BCUT2D eigenvalue weighted by molar-refractivity contribution is 7.12. The molecule has 5 nitrogen and oxygen atoms in total. The monoisotopic (exact) mass is 297 g/mol. The zero-order valence-corrected chi connectivity index (χ0v) is 13.2. The standard InChI is InChI=1S/C13H20BNO4S/c1-12(2)13(3,4)19-14(18-12)10-8-20-11(15-10)17-9-5-6-16-7-9/h8-9H,5-7H2,1-4H3/t9-/m1/s1. The van der Waals surface area contributed by atoms with Gasteiger partial charge in [0.2, 0.25) is 0 Å². The Morgan fingerprint density at radius 1 is 1.30 bits per heavy atom. The van der Waals surface area contributed by atoms with Gasteiger partial charge in [-0.1, -0.05) is 11.3 Å². The van der Waals surface area contributed by atoms with Crippen molar-refractivity contribution in [3.63, 3.8) is 0 Å². The molecular formula is C13H20BNO4S. The molecular weight excluding hydrogens is 277 g/mol. The fourth-order valence-electron chi connectivity index (χ4n) is 2.14. The maximum absolute atomic E-state index is 5.98. The third-order valence-electron chi connectivity index (χ3n) is 4.15. The smallest absolute Gasteiger partial charge is 0.464 e.